The second-order valence-corrected chi connectivity index (χ2v) is 5.99. The van der Waals surface area contributed by atoms with Crippen LogP contribution in [0, 0.1) is 13.8 Å². The van der Waals surface area contributed by atoms with Crippen LogP contribution in [0.4, 0.5) is 8.78 Å². The monoisotopic (exact) mass is 391 g/mol. The summed E-state index contributed by atoms with van der Waals surface area (Å²) in [6.45, 7) is 1.35. The zero-order chi connectivity index (χ0) is 20.8. The predicted molar refractivity (Wildman–Crippen MR) is 97.7 cm³/mol. The number of ketones is 2. The van der Waals surface area contributed by atoms with E-state index in [-0.39, 0.29) is 17.2 Å². The lowest BCUT2D eigenvalue weighted by atomic mass is 10.1. The highest BCUT2D eigenvalue weighted by Gasteiger charge is 2.20. The van der Waals surface area contributed by atoms with Crippen LogP contribution in [0.25, 0.3) is 6.08 Å². The second-order valence-electron chi connectivity index (χ2n) is 5.99. The van der Waals surface area contributed by atoms with Crippen molar-refractivity contribution in [3.63, 3.8) is 0 Å². The molecule has 2 aromatic rings. The summed E-state index contributed by atoms with van der Waals surface area (Å²) in [5.74, 6) is -1.35. The molecule has 0 amide bonds. The highest BCUT2D eigenvalue weighted by molar-refractivity contribution is 6.04. The number of aromatic nitrogens is 1. The summed E-state index contributed by atoms with van der Waals surface area (Å²) in [6.07, 6.45) is 2.53. The molecule has 1 aromatic heterocycles. The normalized spacial score (nSPS) is 11.1. The Bertz CT molecular complexity index is 913. The molecule has 6 nitrogen and oxygen atoms in total. The number of alkyl halides is 2. The molecular formula is C20H19F2NO5. The maximum Gasteiger partial charge on any atom is 0.387 e. The van der Waals surface area contributed by atoms with E-state index in [1.54, 1.807) is 13.8 Å². The lowest BCUT2D eigenvalue weighted by Gasteiger charge is -2.04. The first-order valence-corrected chi connectivity index (χ1v) is 8.32. The Morgan fingerprint density at radius 2 is 1.79 bits per heavy atom. The molecule has 148 valence electrons. The van der Waals surface area contributed by atoms with E-state index in [2.05, 4.69) is 9.72 Å². The minimum Gasteiger partial charge on any atom is -0.454 e. The van der Waals surface area contributed by atoms with Crippen molar-refractivity contribution in [3.8, 4) is 5.75 Å². The second kappa shape index (κ2) is 9.07. The lowest BCUT2D eigenvalue weighted by molar-refractivity contribution is -0.136. The maximum atomic E-state index is 12.2. The van der Waals surface area contributed by atoms with E-state index in [1.165, 1.54) is 37.3 Å². The van der Waals surface area contributed by atoms with Gasteiger partial charge in [-0.3, -0.25) is 9.59 Å². The fourth-order valence-corrected chi connectivity index (χ4v) is 2.74. The van der Waals surface area contributed by atoms with Gasteiger partial charge in [0.25, 0.3) is 0 Å². The highest BCUT2D eigenvalue weighted by Crippen LogP contribution is 2.19. The molecule has 0 spiro atoms. The van der Waals surface area contributed by atoms with Crippen LogP contribution in [0.5, 0.6) is 5.75 Å². The van der Waals surface area contributed by atoms with E-state index in [4.69, 9.17) is 4.74 Å². The van der Waals surface area contributed by atoms with E-state index in [1.807, 2.05) is 0 Å². The standard InChI is InChI=1S/C20H19F2NO5/c1-11-18(13(3)24)12(2)23-19(11)16(25)10-27-17(26)9-6-14-4-7-15(8-5-14)28-20(21)22/h4-9,20,23H,10H2,1-3H3/b9-6+. The van der Waals surface area contributed by atoms with Gasteiger partial charge in [-0.15, -0.1) is 0 Å². The van der Waals surface area contributed by atoms with Crippen LogP contribution in [0.15, 0.2) is 30.3 Å². The molecule has 1 N–H and O–H groups in total. The molecule has 0 saturated heterocycles. The minimum atomic E-state index is -2.91. The van der Waals surface area contributed by atoms with Crippen molar-refractivity contribution in [1.82, 2.24) is 4.98 Å². The molecule has 2 rings (SSSR count). The molecule has 28 heavy (non-hydrogen) atoms. The molecule has 0 aliphatic carbocycles. The zero-order valence-electron chi connectivity index (χ0n) is 15.5. The molecule has 0 fully saturated rings. The third-order valence-electron chi connectivity index (χ3n) is 3.93. The Labute approximate surface area is 160 Å². The predicted octanol–water partition coefficient (Wildman–Crippen LogP) is 3.87. The van der Waals surface area contributed by atoms with E-state index in [0.29, 0.717) is 22.4 Å². The van der Waals surface area contributed by atoms with Crippen LogP contribution in [0.3, 0.4) is 0 Å². The Hall–Kier alpha value is -3.29. The average Bonchev–Trinajstić information content (AvgIpc) is 2.93. The van der Waals surface area contributed by atoms with Crippen molar-refractivity contribution in [2.45, 2.75) is 27.4 Å². The van der Waals surface area contributed by atoms with Gasteiger partial charge in [0.2, 0.25) is 5.78 Å². The van der Waals surface area contributed by atoms with E-state index in [0.717, 1.165) is 6.08 Å². The number of hydrogen-bond acceptors (Lipinski definition) is 5. The van der Waals surface area contributed by atoms with Gasteiger partial charge in [0.05, 0.1) is 5.69 Å². The number of esters is 1. The van der Waals surface area contributed by atoms with E-state index < -0.39 is 25.0 Å². The van der Waals surface area contributed by atoms with E-state index in [9.17, 15) is 23.2 Å². The van der Waals surface area contributed by atoms with Crippen LogP contribution in [-0.2, 0) is 9.53 Å². The first kappa shape index (κ1) is 21.0. The number of H-pyrrole nitrogens is 1. The van der Waals surface area contributed by atoms with Gasteiger partial charge in [-0.1, -0.05) is 12.1 Å². The quantitative estimate of drug-likeness (QED) is 0.419. The number of rotatable bonds is 8. The van der Waals surface area contributed by atoms with Crippen LogP contribution in [0.2, 0.25) is 0 Å². The molecule has 0 unspecified atom stereocenters. The highest BCUT2D eigenvalue weighted by atomic mass is 19.3. The third kappa shape index (κ3) is 5.35. The summed E-state index contributed by atoms with van der Waals surface area (Å²) >= 11 is 0. The summed E-state index contributed by atoms with van der Waals surface area (Å²) in [5.41, 5.74) is 2.35. The Kier molecular flexibility index (Phi) is 6.81. The Balaban J connectivity index is 1.93. The number of halogens is 2. The van der Waals surface area contributed by atoms with Gasteiger partial charge in [-0.05, 0) is 50.1 Å². The fraction of sp³-hybridized carbons (Fsp3) is 0.250. The van der Waals surface area contributed by atoms with Crippen molar-refractivity contribution >= 4 is 23.6 Å². The molecular weight excluding hydrogens is 372 g/mol. The molecule has 0 bridgehead atoms. The Morgan fingerprint density at radius 1 is 1.14 bits per heavy atom. The number of hydrogen-bond donors (Lipinski definition) is 1. The lowest BCUT2D eigenvalue weighted by Crippen LogP contribution is -2.14. The largest absolute Gasteiger partial charge is 0.454 e. The molecule has 0 aliphatic heterocycles. The van der Waals surface area contributed by atoms with Crippen molar-refractivity contribution in [2.75, 3.05) is 6.61 Å². The maximum absolute atomic E-state index is 12.2. The number of Topliss-reactive ketones (excluding diaryl/α,β-unsaturated/α-hetero) is 2. The summed E-state index contributed by atoms with van der Waals surface area (Å²) in [5, 5.41) is 0. The minimum absolute atomic E-state index is 0.00173. The average molecular weight is 391 g/mol. The molecule has 0 aliphatic rings. The zero-order valence-corrected chi connectivity index (χ0v) is 15.5. The van der Waals surface area contributed by atoms with Crippen molar-refractivity contribution < 1.29 is 32.6 Å². The fourth-order valence-electron chi connectivity index (χ4n) is 2.74. The number of carbonyl (C=O) groups excluding carboxylic acids is 3. The number of aromatic amines is 1. The van der Waals surface area contributed by atoms with Crippen molar-refractivity contribution in [2.24, 2.45) is 0 Å². The van der Waals surface area contributed by atoms with Crippen LogP contribution in [0.1, 0.15) is 44.6 Å². The molecule has 1 aromatic carbocycles. The number of benzene rings is 1. The van der Waals surface area contributed by atoms with Crippen molar-refractivity contribution in [1.29, 1.82) is 0 Å². The van der Waals surface area contributed by atoms with Crippen LogP contribution < -0.4 is 4.74 Å². The summed E-state index contributed by atoms with van der Waals surface area (Å²) < 4.78 is 33.3. The van der Waals surface area contributed by atoms with Gasteiger partial charge >= 0.3 is 12.6 Å². The first-order chi connectivity index (χ1) is 13.2. The van der Waals surface area contributed by atoms with Gasteiger partial charge in [-0.2, -0.15) is 8.78 Å². The summed E-state index contributed by atoms with van der Waals surface area (Å²) in [6, 6.07) is 5.65. The van der Waals surface area contributed by atoms with Gasteiger partial charge in [-0.25, -0.2) is 4.79 Å². The third-order valence-corrected chi connectivity index (χ3v) is 3.93. The smallest absolute Gasteiger partial charge is 0.387 e. The van der Waals surface area contributed by atoms with Crippen molar-refractivity contribution in [3.05, 3.63) is 58.4 Å². The van der Waals surface area contributed by atoms with E-state index >= 15 is 0 Å². The van der Waals surface area contributed by atoms with Gasteiger partial charge in [0, 0.05) is 17.3 Å². The molecule has 0 atom stereocenters. The van der Waals surface area contributed by atoms with Crippen LogP contribution in [-0.4, -0.2) is 35.7 Å². The van der Waals surface area contributed by atoms with Gasteiger partial charge in [0.1, 0.15) is 5.75 Å². The number of ether oxygens (including phenoxy) is 2. The molecule has 0 saturated carbocycles. The number of carbonyl (C=O) groups is 3. The summed E-state index contributed by atoms with van der Waals surface area (Å²) in [4.78, 5) is 38.5. The first-order valence-electron chi connectivity index (χ1n) is 8.32. The number of aryl methyl sites for hydroxylation is 1. The molecule has 0 radical (unpaired) electrons. The Morgan fingerprint density at radius 3 is 2.32 bits per heavy atom. The van der Waals surface area contributed by atoms with Gasteiger partial charge in [0.15, 0.2) is 12.4 Å². The topological polar surface area (TPSA) is 85.5 Å². The van der Waals surface area contributed by atoms with Crippen LogP contribution >= 0.6 is 0 Å². The molecule has 1 heterocycles. The van der Waals surface area contributed by atoms with Gasteiger partial charge < -0.3 is 14.5 Å². The number of nitrogens with one attached hydrogen (secondary N) is 1. The SMILES string of the molecule is CC(=O)c1c(C)[nH]c(C(=O)COC(=O)/C=C/c2ccc(OC(F)F)cc2)c1C. The summed E-state index contributed by atoms with van der Waals surface area (Å²) in [7, 11) is 0. The molecule has 8 heteroatoms.